The molecule has 0 aliphatic heterocycles. The number of benzene rings is 3. The van der Waals surface area contributed by atoms with E-state index in [1.165, 1.54) is 0 Å². The van der Waals surface area contributed by atoms with Crippen LogP contribution in [0.1, 0.15) is 47.9 Å². The summed E-state index contributed by atoms with van der Waals surface area (Å²) in [4.78, 5) is 18.7. The van der Waals surface area contributed by atoms with Gasteiger partial charge in [0.1, 0.15) is 17.2 Å². The highest BCUT2D eigenvalue weighted by molar-refractivity contribution is 5.99. The van der Waals surface area contributed by atoms with E-state index >= 15 is 0 Å². The Morgan fingerprint density at radius 2 is 1.56 bits per heavy atom. The molecule has 3 aromatic carbocycles. The number of hydrogen-bond donors (Lipinski definition) is 1. The molecule has 1 atom stereocenters. The molecule has 1 heterocycles. The molecule has 1 N–H and O–H groups in total. The fourth-order valence-corrected chi connectivity index (χ4v) is 4.13. The van der Waals surface area contributed by atoms with Crippen molar-refractivity contribution in [2.45, 2.75) is 39.8 Å². The van der Waals surface area contributed by atoms with Crippen LogP contribution in [0.15, 0.2) is 84.9 Å². The van der Waals surface area contributed by atoms with Crippen LogP contribution in [0, 0.1) is 6.92 Å². The standard InChI is InChI=1S/C28H29N3O/c1-4-24(21-14-8-6-9-15-21)29-28(32)26-25(23-18-12-13-20(3)19-23)30-27(31(26)5-2)22-16-10-7-11-17-22/h6-19,24H,4-5H2,1-3H3,(H,29,32)/t24-/m0/s1. The second-order valence-electron chi connectivity index (χ2n) is 7.96. The molecule has 1 aromatic heterocycles. The van der Waals surface area contributed by atoms with E-state index in [4.69, 9.17) is 4.98 Å². The van der Waals surface area contributed by atoms with Crippen LogP contribution in [0.3, 0.4) is 0 Å². The smallest absolute Gasteiger partial charge is 0.270 e. The third-order valence-electron chi connectivity index (χ3n) is 5.74. The topological polar surface area (TPSA) is 46.9 Å². The summed E-state index contributed by atoms with van der Waals surface area (Å²) < 4.78 is 2.03. The van der Waals surface area contributed by atoms with Crippen molar-refractivity contribution >= 4 is 5.91 Å². The molecule has 1 amide bonds. The Kier molecular flexibility index (Phi) is 6.50. The van der Waals surface area contributed by atoms with Gasteiger partial charge in [0.15, 0.2) is 0 Å². The number of aromatic nitrogens is 2. The zero-order valence-electron chi connectivity index (χ0n) is 18.9. The molecule has 162 valence electrons. The normalized spacial score (nSPS) is 11.8. The van der Waals surface area contributed by atoms with Gasteiger partial charge in [0.05, 0.1) is 6.04 Å². The lowest BCUT2D eigenvalue weighted by atomic mass is 10.0. The van der Waals surface area contributed by atoms with Gasteiger partial charge in [-0.05, 0) is 31.9 Å². The predicted octanol–water partition coefficient (Wildman–Crippen LogP) is 6.43. The fourth-order valence-electron chi connectivity index (χ4n) is 4.13. The second-order valence-corrected chi connectivity index (χ2v) is 7.96. The minimum atomic E-state index is -0.103. The van der Waals surface area contributed by atoms with E-state index in [9.17, 15) is 4.79 Å². The first-order chi connectivity index (χ1) is 15.6. The monoisotopic (exact) mass is 423 g/mol. The van der Waals surface area contributed by atoms with Crippen LogP contribution < -0.4 is 5.32 Å². The minimum absolute atomic E-state index is 0.0607. The highest BCUT2D eigenvalue weighted by atomic mass is 16.2. The molecule has 4 nitrogen and oxygen atoms in total. The molecule has 0 bridgehead atoms. The highest BCUT2D eigenvalue weighted by Gasteiger charge is 2.26. The Labute approximate surface area is 190 Å². The molecule has 0 aliphatic rings. The zero-order valence-corrected chi connectivity index (χ0v) is 18.9. The van der Waals surface area contributed by atoms with Gasteiger partial charge >= 0.3 is 0 Å². The number of imidazole rings is 1. The number of rotatable bonds is 7. The molecule has 0 saturated heterocycles. The Hall–Kier alpha value is -3.66. The van der Waals surface area contributed by atoms with Gasteiger partial charge in [-0.1, -0.05) is 91.3 Å². The largest absolute Gasteiger partial charge is 0.344 e. The second kappa shape index (κ2) is 9.65. The van der Waals surface area contributed by atoms with Crippen molar-refractivity contribution in [3.8, 4) is 22.6 Å². The summed E-state index contributed by atoms with van der Waals surface area (Å²) in [6, 6.07) is 28.3. The summed E-state index contributed by atoms with van der Waals surface area (Å²) in [5.74, 6) is 0.705. The van der Waals surface area contributed by atoms with Crippen molar-refractivity contribution in [1.29, 1.82) is 0 Å². The first kappa shape index (κ1) is 21.6. The minimum Gasteiger partial charge on any atom is -0.344 e. The van der Waals surface area contributed by atoms with Crippen molar-refractivity contribution in [3.05, 3.63) is 102 Å². The summed E-state index contributed by atoms with van der Waals surface area (Å²) in [7, 11) is 0. The van der Waals surface area contributed by atoms with Crippen molar-refractivity contribution < 1.29 is 4.79 Å². The van der Waals surface area contributed by atoms with Crippen LogP contribution in [0.5, 0.6) is 0 Å². The summed E-state index contributed by atoms with van der Waals surface area (Å²) in [6.07, 6.45) is 0.807. The molecule has 0 unspecified atom stereocenters. The maximum Gasteiger partial charge on any atom is 0.270 e. The quantitative estimate of drug-likeness (QED) is 0.372. The Morgan fingerprint density at radius 3 is 2.19 bits per heavy atom. The molecule has 0 spiro atoms. The van der Waals surface area contributed by atoms with Crippen LogP contribution in [-0.2, 0) is 6.54 Å². The van der Waals surface area contributed by atoms with Crippen molar-refractivity contribution in [2.75, 3.05) is 0 Å². The van der Waals surface area contributed by atoms with Gasteiger partial charge in [0.2, 0.25) is 0 Å². The van der Waals surface area contributed by atoms with E-state index in [1.807, 2.05) is 65.2 Å². The van der Waals surface area contributed by atoms with E-state index in [0.717, 1.165) is 40.2 Å². The van der Waals surface area contributed by atoms with E-state index in [1.54, 1.807) is 0 Å². The summed E-state index contributed by atoms with van der Waals surface area (Å²) >= 11 is 0. The number of hydrogen-bond acceptors (Lipinski definition) is 2. The number of nitrogens with zero attached hydrogens (tertiary/aromatic N) is 2. The predicted molar refractivity (Wildman–Crippen MR) is 130 cm³/mol. The molecule has 32 heavy (non-hydrogen) atoms. The van der Waals surface area contributed by atoms with Gasteiger partial charge in [-0.3, -0.25) is 4.79 Å². The van der Waals surface area contributed by atoms with Gasteiger partial charge in [-0.2, -0.15) is 0 Å². The van der Waals surface area contributed by atoms with Gasteiger partial charge in [0, 0.05) is 17.7 Å². The molecule has 0 radical (unpaired) electrons. The number of amides is 1. The van der Waals surface area contributed by atoms with Crippen LogP contribution in [0.4, 0.5) is 0 Å². The number of carbonyl (C=O) groups excluding carboxylic acids is 1. The molecule has 4 rings (SSSR count). The Balaban J connectivity index is 1.83. The molecular formula is C28H29N3O. The number of aryl methyl sites for hydroxylation is 1. The van der Waals surface area contributed by atoms with Crippen molar-refractivity contribution in [1.82, 2.24) is 14.9 Å². The third kappa shape index (κ3) is 4.35. The molecule has 4 aromatic rings. The lowest BCUT2D eigenvalue weighted by molar-refractivity contribution is 0.0927. The summed E-state index contributed by atoms with van der Waals surface area (Å²) in [5.41, 5.74) is 5.51. The van der Waals surface area contributed by atoms with Gasteiger partial charge in [0.25, 0.3) is 5.91 Å². The number of carbonyl (C=O) groups is 1. The zero-order chi connectivity index (χ0) is 22.5. The lowest BCUT2D eigenvalue weighted by Crippen LogP contribution is -2.30. The van der Waals surface area contributed by atoms with Gasteiger partial charge < -0.3 is 9.88 Å². The van der Waals surface area contributed by atoms with Crippen LogP contribution in [0.25, 0.3) is 22.6 Å². The van der Waals surface area contributed by atoms with Crippen molar-refractivity contribution in [2.24, 2.45) is 0 Å². The van der Waals surface area contributed by atoms with Crippen molar-refractivity contribution in [3.63, 3.8) is 0 Å². The van der Waals surface area contributed by atoms with E-state index in [-0.39, 0.29) is 11.9 Å². The van der Waals surface area contributed by atoms with E-state index < -0.39 is 0 Å². The molecule has 0 fully saturated rings. The first-order valence-corrected chi connectivity index (χ1v) is 11.2. The number of nitrogens with one attached hydrogen (secondary N) is 1. The molecular weight excluding hydrogens is 394 g/mol. The Morgan fingerprint density at radius 1 is 0.906 bits per heavy atom. The summed E-state index contributed by atoms with van der Waals surface area (Å²) in [5, 5.41) is 3.26. The highest BCUT2D eigenvalue weighted by Crippen LogP contribution is 2.31. The molecule has 4 heteroatoms. The van der Waals surface area contributed by atoms with E-state index in [2.05, 4.69) is 50.4 Å². The maximum atomic E-state index is 13.7. The van der Waals surface area contributed by atoms with Crippen LogP contribution >= 0.6 is 0 Å². The Bertz CT molecular complexity index is 1200. The third-order valence-corrected chi connectivity index (χ3v) is 5.74. The first-order valence-electron chi connectivity index (χ1n) is 11.2. The van der Waals surface area contributed by atoms with Gasteiger partial charge in [-0.15, -0.1) is 0 Å². The maximum absolute atomic E-state index is 13.7. The molecule has 0 aliphatic carbocycles. The SMILES string of the molecule is CC[C@H](NC(=O)c1c(-c2cccc(C)c2)nc(-c2ccccc2)n1CC)c1ccccc1. The van der Waals surface area contributed by atoms with E-state index in [0.29, 0.717) is 12.2 Å². The molecule has 0 saturated carbocycles. The fraction of sp³-hybridized carbons (Fsp3) is 0.214. The lowest BCUT2D eigenvalue weighted by Gasteiger charge is -2.19. The average Bonchev–Trinajstić information content (AvgIpc) is 3.23. The van der Waals surface area contributed by atoms with Crippen LogP contribution in [0.2, 0.25) is 0 Å². The van der Waals surface area contributed by atoms with Gasteiger partial charge in [-0.25, -0.2) is 4.98 Å². The van der Waals surface area contributed by atoms with Crippen LogP contribution in [-0.4, -0.2) is 15.5 Å². The summed E-state index contributed by atoms with van der Waals surface area (Å²) in [6.45, 7) is 6.85. The average molecular weight is 424 g/mol.